The molecule has 2 rings (SSSR count). The van der Waals surface area contributed by atoms with Crippen molar-refractivity contribution in [1.82, 2.24) is 0 Å². The topological polar surface area (TPSA) is 75.6 Å². The molecule has 5 nitrogen and oxygen atoms in total. The summed E-state index contributed by atoms with van der Waals surface area (Å²) in [6, 6.07) is 12.2. The number of hydrogen-bond donors (Lipinski definition) is 2. The average Bonchev–Trinajstić information content (AvgIpc) is 2.54. The van der Waals surface area contributed by atoms with E-state index >= 15 is 0 Å². The van der Waals surface area contributed by atoms with Gasteiger partial charge in [0.1, 0.15) is 5.75 Å². The van der Waals surface area contributed by atoms with Crippen molar-refractivity contribution in [1.29, 1.82) is 0 Å². The molecule has 0 aliphatic carbocycles. The van der Waals surface area contributed by atoms with Crippen LogP contribution in [0.15, 0.2) is 46.9 Å². The maximum absolute atomic E-state index is 12.0. The molecule has 0 aliphatic rings. The molecule has 132 valence electrons. The highest BCUT2D eigenvalue weighted by atomic mass is 79.9. The van der Waals surface area contributed by atoms with Gasteiger partial charge in [-0.2, -0.15) is 0 Å². The highest BCUT2D eigenvalue weighted by Crippen LogP contribution is 2.24. The van der Waals surface area contributed by atoms with Crippen LogP contribution in [-0.2, 0) is 10.2 Å². The monoisotopic (exact) mass is 405 g/mol. The molecule has 0 unspecified atom stereocenters. The average molecular weight is 406 g/mol. The Morgan fingerprint density at radius 2 is 1.76 bits per heavy atom. The summed E-state index contributed by atoms with van der Waals surface area (Å²) >= 11 is 3.21. The summed E-state index contributed by atoms with van der Waals surface area (Å²) in [5.41, 5.74) is 1.46. The van der Waals surface area contributed by atoms with Gasteiger partial charge in [0.2, 0.25) is 0 Å². The van der Waals surface area contributed by atoms with Crippen LogP contribution >= 0.6 is 15.9 Å². The van der Waals surface area contributed by atoms with E-state index in [9.17, 15) is 14.7 Å². The zero-order chi connectivity index (χ0) is 18.6. The van der Waals surface area contributed by atoms with Crippen molar-refractivity contribution >= 4 is 33.5 Å². The Morgan fingerprint density at radius 1 is 1.12 bits per heavy atom. The van der Waals surface area contributed by atoms with Crippen LogP contribution in [-0.4, -0.2) is 23.6 Å². The number of carboxylic acid groups (broad SMARTS) is 1. The molecule has 0 atom stereocenters. The molecule has 0 heterocycles. The molecule has 0 aliphatic heterocycles. The fraction of sp³-hybridized carbons (Fsp3) is 0.263. The Bertz CT molecular complexity index is 779. The van der Waals surface area contributed by atoms with Gasteiger partial charge in [-0.1, -0.05) is 48.8 Å². The SMILES string of the molecule is CC(C)(C)c1ccc(OCC(=O)Nc2ccc(Br)cc2C(=O)O)cc1. The van der Waals surface area contributed by atoms with Crippen LogP contribution in [0.3, 0.4) is 0 Å². The zero-order valence-electron chi connectivity index (χ0n) is 14.3. The molecular weight excluding hydrogens is 386 g/mol. The van der Waals surface area contributed by atoms with Crippen LogP contribution in [0.25, 0.3) is 0 Å². The van der Waals surface area contributed by atoms with Crippen LogP contribution in [0.2, 0.25) is 0 Å². The normalized spacial score (nSPS) is 11.0. The van der Waals surface area contributed by atoms with Crippen LogP contribution in [0.1, 0.15) is 36.7 Å². The molecule has 0 radical (unpaired) electrons. The first kappa shape index (κ1) is 19.0. The number of amides is 1. The predicted molar refractivity (Wildman–Crippen MR) is 100 cm³/mol. The standard InChI is InChI=1S/C19H20BrNO4/c1-19(2,3)12-4-7-14(8-5-12)25-11-17(22)21-16-9-6-13(20)10-15(16)18(23)24/h4-10H,11H2,1-3H3,(H,21,22)(H,23,24). The molecule has 0 bridgehead atoms. The molecule has 2 aromatic rings. The number of ether oxygens (including phenoxy) is 1. The number of carbonyl (C=O) groups excluding carboxylic acids is 1. The summed E-state index contributed by atoms with van der Waals surface area (Å²) in [5, 5.41) is 11.8. The number of hydrogen-bond acceptors (Lipinski definition) is 3. The maximum atomic E-state index is 12.0. The molecule has 0 aromatic heterocycles. The van der Waals surface area contributed by atoms with Crippen molar-refractivity contribution in [3.63, 3.8) is 0 Å². The Kier molecular flexibility index (Phi) is 5.85. The van der Waals surface area contributed by atoms with Crippen LogP contribution < -0.4 is 10.1 Å². The van der Waals surface area contributed by atoms with E-state index < -0.39 is 11.9 Å². The van der Waals surface area contributed by atoms with Crippen molar-refractivity contribution in [2.45, 2.75) is 26.2 Å². The number of carboxylic acids is 1. The van der Waals surface area contributed by atoms with Crippen molar-refractivity contribution in [2.24, 2.45) is 0 Å². The molecule has 0 fully saturated rings. The number of rotatable bonds is 5. The highest BCUT2D eigenvalue weighted by molar-refractivity contribution is 9.10. The third-order valence-electron chi connectivity index (χ3n) is 3.58. The van der Waals surface area contributed by atoms with Crippen molar-refractivity contribution in [2.75, 3.05) is 11.9 Å². The minimum atomic E-state index is -1.12. The van der Waals surface area contributed by atoms with E-state index in [0.29, 0.717) is 10.2 Å². The van der Waals surface area contributed by atoms with Crippen LogP contribution in [0, 0.1) is 0 Å². The van der Waals surface area contributed by atoms with Gasteiger partial charge < -0.3 is 15.2 Å². The van der Waals surface area contributed by atoms with Gasteiger partial charge in [-0.05, 0) is 41.3 Å². The van der Waals surface area contributed by atoms with Gasteiger partial charge in [-0.3, -0.25) is 4.79 Å². The number of aromatic carboxylic acids is 1. The van der Waals surface area contributed by atoms with Crippen LogP contribution in [0.4, 0.5) is 5.69 Å². The number of carbonyl (C=O) groups is 2. The highest BCUT2D eigenvalue weighted by Gasteiger charge is 2.15. The van der Waals surface area contributed by atoms with E-state index in [4.69, 9.17) is 4.74 Å². The second kappa shape index (κ2) is 7.70. The number of nitrogens with one attached hydrogen (secondary N) is 1. The molecule has 6 heteroatoms. The molecule has 2 N–H and O–H groups in total. The number of halogens is 1. The lowest BCUT2D eigenvalue weighted by atomic mass is 9.87. The minimum Gasteiger partial charge on any atom is -0.484 e. The summed E-state index contributed by atoms with van der Waals surface area (Å²) in [7, 11) is 0. The summed E-state index contributed by atoms with van der Waals surface area (Å²) < 4.78 is 6.09. The number of benzene rings is 2. The van der Waals surface area contributed by atoms with Crippen molar-refractivity contribution in [3.05, 3.63) is 58.1 Å². The third kappa shape index (κ3) is 5.32. The lowest BCUT2D eigenvalue weighted by molar-refractivity contribution is -0.118. The van der Waals surface area contributed by atoms with Gasteiger partial charge in [-0.15, -0.1) is 0 Å². The summed E-state index contributed by atoms with van der Waals surface area (Å²) in [6.07, 6.45) is 0. The van der Waals surface area contributed by atoms with Gasteiger partial charge in [0, 0.05) is 4.47 Å². The van der Waals surface area contributed by atoms with E-state index in [1.807, 2.05) is 24.3 Å². The molecule has 1 amide bonds. The lowest BCUT2D eigenvalue weighted by Gasteiger charge is -2.19. The van der Waals surface area contributed by atoms with Gasteiger partial charge in [0.25, 0.3) is 5.91 Å². The van der Waals surface area contributed by atoms with Gasteiger partial charge in [0.15, 0.2) is 6.61 Å². The molecule has 0 spiro atoms. The maximum Gasteiger partial charge on any atom is 0.337 e. The fourth-order valence-electron chi connectivity index (χ4n) is 2.19. The largest absolute Gasteiger partial charge is 0.484 e. The van der Waals surface area contributed by atoms with Crippen molar-refractivity contribution in [3.8, 4) is 5.75 Å². The summed E-state index contributed by atoms with van der Waals surface area (Å²) in [5.74, 6) is -0.961. The molecule has 0 saturated heterocycles. The van der Waals surface area contributed by atoms with Gasteiger partial charge in [-0.25, -0.2) is 4.79 Å². The predicted octanol–water partition coefficient (Wildman–Crippen LogP) is 4.46. The summed E-state index contributed by atoms with van der Waals surface area (Å²) in [6.45, 7) is 6.15. The third-order valence-corrected chi connectivity index (χ3v) is 4.07. The number of anilines is 1. The first-order chi connectivity index (χ1) is 11.7. The second-order valence-electron chi connectivity index (χ2n) is 6.61. The zero-order valence-corrected chi connectivity index (χ0v) is 15.9. The Morgan fingerprint density at radius 3 is 2.32 bits per heavy atom. The molecular formula is C19H20BrNO4. The van der Waals surface area contributed by atoms with Crippen molar-refractivity contribution < 1.29 is 19.4 Å². The Labute approximate surface area is 155 Å². The van der Waals surface area contributed by atoms with E-state index in [0.717, 1.165) is 0 Å². The molecule has 0 saturated carbocycles. The van der Waals surface area contributed by atoms with E-state index in [1.165, 1.54) is 17.7 Å². The second-order valence-corrected chi connectivity index (χ2v) is 7.52. The first-order valence-electron chi connectivity index (χ1n) is 7.73. The first-order valence-corrected chi connectivity index (χ1v) is 8.52. The molecule has 25 heavy (non-hydrogen) atoms. The van der Waals surface area contributed by atoms with Gasteiger partial charge in [0.05, 0.1) is 11.3 Å². The summed E-state index contributed by atoms with van der Waals surface area (Å²) in [4.78, 5) is 23.3. The minimum absolute atomic E-state index is 0.0113. The Balaban J connectivity index is 1.99. The van der Waals surface area contributed by atoms with E-state index in [-0.39, 0.29) is 23.3 Å². The fourth-order valence-corrected chi connectivity index (χ4v) is 2.55. The van der Waals surface area contributed by atoms with E-state index in [1.54, 1.807) is 6.07 Å². The smallest absolute Gasteiger partial charge is 0.337 e. The van der Waals surface area contributed by atoms with E-state index in [2.05, 4.69) is 42.0 Å². The quantitative estimate of drug-likeness (QED) is 0.769. The molecule has 2 aromatic carbocycles. The van der Waals surface area contributed by atoms with Crippen LogP contribution in [0.5, 0.6) is 5.75 Å². The Hall–Kier alpha value is -2.34. The lowest BCUT2D eigenvalue weighted by Crippen LogP contribution is -2.21. The van der Waals surface area contributed by atoms with Gasteiger partial charge >= 0.3 is 5.97 Å².